The van der Waals surface area contributed by atoms with E-state index in [0.717, 1.165) is 29.8 Å². The van der Waals surface area contributed by atoms with Gasteiger partial charge in [-0.2, -0.15) is 11.3 Å². The summed E-state index contributed by atoms with van der Waals surface area (Å²) in [6.45, 7) is 1.85. The summed E-state index contributed by atoms with van der Waals surface area (Å²) in [6.07, 6.45) is 2.12. The lowest BCUT2D eigenvalue weighted by Crippen LogP contribution is -2.35. The van der Waals surface area contributed by atoms with Crippen LogP contribution in [0.25, 0.3) is 0 Å². The number of amides is 1. The molecule has 0 radical (unpaired) electrons. The van der Waals surface area contributed by atoms with Gasteiger partial charge in [0.2, 0.25) is 0 Å². The van der Waals surface area contributed by atoms with Gasteiger partial charge in [-0.25, -0.2) is 4.39 Å². The van der Waals surface area contributed by atoms with E-state index in [-0.39, 0.29) is 11.7 Å². The molecule has 0 saturated heterocycles. The van der Waals surface area contributed by atoms with Crippen LogP contribution in [0.4, 0.5) is 10.1 Å². The van der Waals surface area contributed by atoms with Crippen LogP contribution >= 0.6 is 11.3 Å². The first kappa shape index (κ1) is 17.7. The van der Waals surface area contributed by atoms with Crippen LogP contribution in [0.1, 0.15) is 37.7 Å². The molecule has 1 amide bonds. The predicted octanol–water partition coefficient (Wildman–Crippen LogP) is 4.49. The van der Waals surface area contributed by atoms with E-state index < -0.39 is 11.7 Å². The van der Waals surface area contributed by atoms with Crippen molar-refractivity contribution in [3.8, 4) is 0 Å². The van der Waals surface area contributed by atoms with Gasteiger partial charge in [0.25, 0.3) is 5.91 Å². The summed E-state index contributed by atoms with van der Waals surface area (Å²) in [5, 5.41) is 9.98. The largest absolute Gasteiger partial charge is 0.362 e. The Hall–Kier alpha value is -2.73. The maximum atomic E-state index is 13.5. The maximum Gasteiger partial charge on any atom is 0.254 e. The van der Waals surface area contributed by atoms with Crippen molar-refractivity contribution >= 4 is 28.7 Å². The number of dihydropyridines is 1. The molecule has 2 N–H and O–H groups in total. The molecule has 1 aliphatic heterocycles. The summed E-state index contributed by atoms with van der Waals surface area (Å²) in [6, 6.07) is 7.75. The van der Waals surface area contributed by atoms with E-state index in [2.05, 4.69) is 10.6 Å². The summed E-state index contributed by atoms with van der Waals surface area (Å²) in [7, 11) is 0. The number of Topliss-reactive ketones (excluding diaryl/α,β-unsaturated/α-hetero) is 1. The summed E-state index contributed by atoms with van der Waals surface area (Å²) in [5.41, 5.74) is 4.17. The molecule has 4 nitrogen and oxygen atoms in total. The maximum absolute atomic E-state index is 13.5. The van der Waals surface area contributed by atoms with Gasteiger partial charge in [-0.15, -0.1) is 0 Å². The number of nitrogens with one attached hydrogen (secondary N) is 2. The standard InChI is InChI=1S/C21H19FN2O2S/c1-12-18(21(26)24-15-5-2-4-14(22)10-15)19(13-8-9-27-11-13)20-16(23-12)6-3-7-17(20)25/h2,4-5,8-11,19,23H,3,6-7H2,1H3,(H,24,26)/t19-/m1/s1. The monoisotopic (exact) mass is 382 g/mol. The molecule has 0 unspecified atom stereocenters. The number of benzene rings is 1. The molecule has 2 heterocycles. The summed E-state index contributed by atoms with van der Waals surface area (Å²) in [5.74, 6) is -1.05. The number of rotatable bonds is 3. The van der Waals surface area contributed by atoms with Crippen LogP contribution in [0.3, 0.4) is 0 Å². The van der Waals surface area contributed by atoms with Crippen molar-refractivity contribution in [2.45, 2.75) is 32.1 Å². The van der Waals surface area contributed by atoms with E-state index in [1.165, 1.54) is 23.5 Å². The first-order valence-electron chi connectivity index (χ1n) is 8.87. The lowest BCUT2D eigenvalue weighted by Gasteiger charge is -2.34. The Morgan fingerprint density at radius 1 is 1.30 bits per heavy atom. The molecule has 6 heteroatoms. The molecule has 1 atom stereocenters. The van der Waals surface area contributed by atoms with Crippen LogP contribution in [0.2, 0.25) is 0 Å². The molecular formula is C21H19FN2O2S. The number of hydrogen-bond donors (Lipinski definition) is 2. The topological polar surface area (TPSA) is 58.2 Å². The van der Waals surface area contributed by atoms with Gasteiger partial charge in [-0.1, -0.05) is 6.07 Å². The average molecular weight is 382 g/mol. The molecule has 138 valence electrons. The number of carbonyl (C=O) groups excluding carboxylic acids is 2. The van der Waals surface area contributed by atoms with Crippen LogP contribution < -0.4 is 10.6 Å². The van der Waals surface area contributed by atoms with E-state index in [9.17, 15) is 14.0 Å². The van der Waals surface area contributed by atoms with Gasteiger partial charge in [0.05, 0.1) is 0 Å². The minimum absolute atomic E-state index is 0.0866. The van der Waals surface area contributed by atoms with Gasteiger partial charge in [-0.05, 0) is 60.4 Å². The van der Waals surface area contributed by atoms with Gasteiger partial charge in [0.15, 0.2) is 5.78 Å². The fourth-order valence-electron chi connectivity index (χ4n) is 3.82. The Balaban J connectivity index is 1.75. The highest BCUT2D eigenvalue weighted by atomic mass is 32.1. The number of carbonyl (C=O) groups is 2. The molecule has 0 saturated carbocycles. The molecular weight excluding hydrogens is 363 g/mol. The summed E-state index contributed by atoms with van der Waals surface area (Å²) < 4.78 is 13.5. The molecule has 2 aromatic rings. The average Bonchev–Trinajstić information content (AvgIpc) is 3.15. The van der Waals surface area contributed by atoms with Crippen LogP contribution in [0, 0.1) is 5.82 Å². The van der Waals surface area contributed by atoms with Crippen LogP contribution in [0.5, 0.6) is 0 Å². The Bertz CT molecular complexity index is 976. The minimum Gasteiger partial charge on any atom is -0.362 e. The van der Waals surface area contributed by atoms with Crippen LogP contribution in [-0.4, -0.2) is 11.7 Å². The van der Waals surface area contributed by atoms with Crippen molar-refractivity contribution in [2.24, 2.45) is 0 Å². The van der Waals surface area contributed by atoms with E-state index in [1.807, 2.05) is 23.8 Å². The zero-order valence-electron chi connectivity index (χ0n) is 14.8. The number of allylic oxidation sites excluding steroid dienone is 3. The minimum atomic E-state index is -0.415. The smallest absolute Gasteiger partial charge is 0.254 e. The molecule has 27 heavy (non-hydrogen) atoms. The van der Waals surface area contributed by atoms with E-state index in [4.69, 9.17) is 0 Å². The molecule has 0 spiro atoms. The second-order valence-electron chi connectivity index (χ2n) is 6.79. The third kappa shape index (κ3) is 3.32. The highest BCUT2D eigenvalue weighted by Crippen LogP contribution is 2.42. The summed E-state index contributed by atoms with van der Waals surface area (Å²) in [4.78, 5) is 25.8. The number of hydrogen-bond acceptors (Lipinski definition) is 4. The second kappa shape index (κ2) is 7.12. The van der Waals surface area contributed by atoms with Gasteiger partial charge in [0.1, 0.15) is 5.82 Å². The first-order valence-corrected chi connectivity index (χ1v) is 9.82. The SMILES string of the molecule is CC1=C(C(=O)Nc2cccc(F)c2)[C@@H](c2ccsc2)C2=C(CCCC2=O)N1. The molecule has 2 aliphatic rings. The van der Waals surface area contributed by atoms with Crippen molar-refractivity contribution in [1.82, 2.24) is 5.32 Å². The van der Waals surface area contributed by atoms with Crippen molar-refractivity contribution in [2.75, 3.05) is 5.32 Å². The van der Waals surface area contributed by atoms with E-state index in [1.54, 1.807) is 12.1 Å². The van der Waals surface area contributed by atoms with Crippen LogP contribution in [0.15, 0.2) is 63.6 Å². The van der Waals surface area contributed by atoms with E-state index >= 15 is 0 Å². The molecule has 1 aromatic heterocycles. The molecule has 0 fully saturated rings. The third-order valence-corrected chi connectivity index (χ3v) is 5.68. The van der Waals surface area contributed by atoms with Gasteiger partial charge in [-0.3, -0.25) is 9.59 Å². The number of thiophene rings is 1. The quantitative estimate of drug-likeness (QED) is 0.822. The van der Waals surface area contributed by atoms with Gasteiger partial charge < -0.3 is 10.6 Å². The highest BCUT2D eigenvalue weighted by Gasteiger charge is 2.38. The van der Waals surface area contributed by atoms with Crippen molar-refractivity contribution in [3.05, 3.63) is 75.0 Å². The number of halogens is 1. The number of anilines is 1. The fraction of sp³-hybridized carbons (Fsp3) is 0.238. The zero-order valence-corrected chi connectivity index (χ0v) is 15.7. The molecule has 0 bridgehead atoms. The Morgan fingerprint density at radius 3 is 2.89 bits per heavy atom. The Morgan fingerprint density at radius 2 is 2.15 bits per heavy atom. The van der Waals surface area contributed by atoms with Gasteiger partial charge >= 0.3 is 0 Å². The molecule has 1 aromatic carbocycles. The molecule has 4 rings (SSSR count). The van der Waals surface area contributed by atoms with Crippen molar-refractivity contribution in [1.29, 1.82) is 0 Å². The summed E-state index contributed by atoms with van der Waals surface area (Å²) >= 11 is 1.54. The van der Waals surface area contributed by atoms with Crippen molar-refractivity contribution in [3.63, 3.8) is 0 Å². The normalized spacial score (nSPS) is 19.6. The Labute approximate surface area is 160 Å². The van der Waals surface area contributed by atoms with E-state index in [0.29, 0.717) is 23.3 Å². The zero-order chi connectivity index (χ0) is 19.0. The predicted molar refractivity (Wildman–Crippen MR) is 104 cm³/mol. The number of ketones is 1. The Kier molecular flexibility index (Phi) is 4.66. The van der Waals surface area contributed by atoms with Crippen molar-refractivity contribution < 1.29 is 14.0 Å². The van der Waals surface area contributed by atoms with Crippen LogP contribution in [-0.2, 0) is 9.59 Å². The fourth-order valence-corrected chi connectivity index (χ4v) is 4.51. The second-order valence-corrected chi connectivity index (χ2v) is 7.57. The van der Waals surface area contributed by atoms with Gasteiger partial charge in [0, 0.05) is 40.6 Å². The lowest BCUT2D eigenvalue weighted by molar-refractivity contribution is -0.116. The lowest BCUT2D eigenvalue weighted by atomic mass is 9.75. The third-order valence-electron chi connectivity index (χ3n) is 4.98. The molecule has 1 aliphatic carbocycles. The highest BCUT2D eigenvalue weighted by molar-refractivity contribution is 7.08. The first-order chi connectivity index (χ1) is 13.0.